The highest BCUT2D eigenvalue weighted by Gasteiger charge is 2.10. The highest BCUT2D eigenvalue weighted by Crippen LogP contribution is 2.28. The van der Waals surface area contributed by atoms with Gasteiger partial charge in [0.2, 0.25) is 0 Å². The van der Waals surface area contributed by atoms with Crippen LogP contribution in [0, 0.1) is 0 Å². The van der Waals surface area contributed by atoms with Gasteiger partial charge in [-0.2, -0.15) is 8.78 Å². The molecule has 0 aliphatic heterocycles. The van der Waals surface area contributed by atoms with Crippen molar-refractivity contribution in [2.75, 3.05) is 13.7 Å². The minimum Gasteiger partial charge on any atom is -0.385 e. The van der Waals surface area contributed by atoms with Gasteiger partial charge in [-0.1, -0.05) is 36.4 Å². The monoisotopic (exact) mass is 276 g/mol. The molecular formula is C17H18F2O. The third-order valence-corrected chi connectivity index (χ3v) is 3.35. The van der Waals surface area contributed by atoms with Crippen molar-refractivity contribution < 1.29 is 13.5 Å². The molecule has 0 saturated carbocycles. The third-order valence-electron chi connectivity index (χ3n) is 3.35. The summed E-state index contributed by atoms with van der Waals surface area (Å²) in [5, 5.41) is 2.05. The number of benzene rings is 2. The van der Waals surface area contributed by atoms with Gasteiger partial charge < -0.3 is 4.74 Å². The summed E-state index contributed by atoms with van der Waals surface area (Å²) in [6.45, 7) is 0.610. The van der Waals surface area contributed by atoms with Gasteiger partial charge in [0.1, 0.15) is 0 Å². The van der Waals surface area contributed by atoms with Gasteiger partial charge >= 0.3 is 0 Å². The average molecular weight is 276 g/mol. The number of fused-ring (bicyclic) bond motifs is 1. The van der Waals surface area contributed by atoms with Crippen molar-refractivity contribution in [2.24, 2.45) is 0 Å². The van der Waals surface area contributed by atoms with E-state index in [0.29, 0.717) is 25.0 Å². The highest BCUT2D eigenvalue weighted by atomic mass is 19.3. The first-order chi connectivity index (χ1) is 9.72. The fraction of sp³-hybridized carbons (Fsp3) is 0.294. The minimum absolute atomic E-state index is 0.145. The van der Waals surface area contributed by atoms with Crippen LogP contribution in [0.1, 0.15) is 24.8 Å². The first kappa shape index (κ1) is 14.7. The zero-order valence-electron chi connectivity index (χ0n) is 11.5. The smallest absolute Gasteiger partial charge is 0.274 e. The maximum atomic E-state index is 13.1. The minimum atomic E-state index is -1.59. The van der Waals surface area contributed by atoms with Crippen molar-refractivity contribution in [1.82, 2.24) is 0 Å². The van der Waals surface area contributed by atoms with Crippen molar-refractivity contribution in [3.63, 3.8) is 0 Å². The number of hydrogen-bond donors (Lipinski definition) is 0. The molecule has 1 nitrogen and oxygen atoms in total. The fourth-order valence-corrected chi connectivity index (χ4v) is 2.27. The molecule has 0 aliphatic rings. The average Bonchev–Trinajstić information content (AvgIpc) is 2.46. The topological polar surface area (TPSA) is 9.23 Å². The van der Waals surface area contributed by atoms with Gasteiger partial charge in [0.15, 0.2) is 0 Å². The van der Waals surface area contributed by atoms with Crippen LogP contribution in [0.25, 0.3) is 16.3 Å². The van der Waals surface area contributed by atoms with Crippen LogP contribution in [-0.4, -0.2) is 13.7 Å². The summed E-state index contributed by atoms with van der Waals surface area (Å²) in [4.78, 5) is 0. The SMILES string of the molecule is COCCCCC(=C(F)F)c1ccc2ccccc2c1. The number of hydrogen-bond acceptors (Lipinski definition) is 1. The molecule has 0 aromatic heterocycles. The molecule has 3 heteroatoms. The molecule has 106 valence electrons. The lowest BCUT2D eigenvalue weighted by Crippen LogP contribution is -1.92. The molecule has 0 unspecified atom stereocenters. The summed E-state index contributed by atoms with van der Waals surface area (Å²) in [5.74, 6) is 0. The molecule has 0 spiro atoms. The second-order valence-electron chi connectivity index (χ2n) is 4.75. The second kappa shape index (κ2) is 7.15. The Labute approximate surface area is 117 Å². The molecule has 0 saturated heterocycles. The Bertz CT molecular complexity index is 601. The normalized spacial score (nSPS) is 10.8. The van der Waals surface area contributed by atoms with Gasteiger partial charge in [0.25, 0.3) is 6.08 Å². The van der Waals surface area contributed by atoms with Crippen LogP contribution in [0.15, 0.2) is 48.5 Å². The number of ether oxygens (including phenoxy) is 1. The lowest BCUT2D eigenvalue weighted by molar-refractivity contribution is 0.193. The summed E-state index contributed by atoms with van der Waals surface area (Å²) in [6.07, 6.45) is 0.288. The number of rotatable bonds is 6. The van der Waals surface area contributed by atoms with E-state index in [9.17, 15) is 8.78 Å². The Morgan fingerprint density at radius 1 is 1.00 bits per heavy atom. The lowest BCUT2D eigenvalue weighted by atomic mass is 9.98. The largest absolute Gasteiger partial charge is 0.385 e. The Balaban J connectivity index is 2.21. The van der Waals surface area contributed by atoms with E-state index in [0.717, 1.165) is 17.2 Å². The van der Waals surface area contributed by atoms with Crippen molar-refractivity contribution >= 4 is 16.3 Å². The van der Waals surface area contributed by atoms with Crippen molar-refractivity contribution in [1.29, 1.82) is 0 Å². The molecule has 0 amide bonds. The summed E-state index contributed by atoms with van der Waals surface area (Å²) in [5.41, 5.74) is 0.757. The van der Waals surface area contributed by atoms with E-state index in [-0.39, 0.29) is 5.57 Å². The van der Waals surface area contributed by atoms with Crippen LogP contribution in [0.5, 0.6) is 0 Å². The lowest BCUT2D eigenvalue weighted by Gasteiger charge is -2.08. The standard InChI is InChI=1S/C17H18F2O/c1-20-11-5-4-8-16(17(18)19)15-10-9-13-6-2-3-7-14(13)12-15/h2-3,6-7,9-10,12H,4-5,8,11H2,1H3. The first-order valence-electron chi connectivity index (χ1n) is 6.74. The summed E-state index contributed by atoms with van der Waals surface area (Å²) in [7, 11) is 1.62. The molecule has 2 aromatic rings. The highest BCUT2D eigenvalue weighted by molar-refractivity contribution is 5.86. The second-order valence-corrected chi connectivity index (χ2v) is 4.75. The van der Waals surface area contributed by atoms with Gasteiger partial charge in [-0.05, 0) is 41.7 Å². The molecule has 2 aromatic carbocycles. The molecule has 0 N–H and O–H groups in total. The number of allylic oxidation sites excluding steroid dienone is 1. The van der Waals surface area contributed by atoms with Crippen LogP contribution in [0.4, 0.5) is 8.78 Å². The zero-order chi connectivity index (χ0) is 14.4. The van der Waals surface area contributed by atoms with Crippen LogP contribution in [0.2, 0.25) is 0 Å². The summed E-state index contributed by atoms with van der Waals surface area (Å²) >= 11 is 0. The zero-order valence-corrected chi connectivity index (χ0v) is 11.5. The van der Waals surface area contributed by atoms with E-state index >= 15 is 0 Å². The maximum absolute atomic E-state index is 13.1. The Hall–Kier alpha value is -1.74. The Kier molecular flexibility index (Phi) is 5.24. The number of halogens is 2. The van der Waals surface area contributed by atoms with Crippen molar-refractivity contribution in [2.45, 2.75) is 19.3 Å². The van der Waals surface area contributed by atoms with Crippen LogP contribution in [-0.2, 0) is 4.74 Å². The van der Waals surface area contributed by atoms with Gasteiger partial charge in [-0.25, -0.2) is 0 Å². The van der Waals surface area contributed by atoms with Crippen LogP contribution in [0.3, 0.4) is 0 Å². The summed E-state index contributed by atoms with van der Waals surface area (Å²) in [6, 6.07) is 13.3. The molecule has 0 atom stereocenters. The molecule has 0 heterocycles. The predicted octanol–water partition coefficient (Wildman–Crippen LogP) is 5.26. The molecule has 20 heavy (non-hydrogen) atoms. The van der Waals surface area contributed by atoms with Gasteiger partial charge in [-0.3, -0.25) is 0 Å². The van der Waals surface area contributed by atoms with E-state index < -0.39 is 6.08 Å². The Morgan fingerprint density at radius 2 is 1.75 bits per heavy atom. The van der Waals surface area contributed by atoms with Crippen LogP contribution >= 0.6 is 0 Å². The predicted molar refractivity (Wildman–Crippen MR) is 78.8 cm³/mol. The number of unbranched alkanes of at least 4 members (excludes halogenated alkanes) is 1. The third kappa shape index (κ3) is 3.64. The quantitative estimate of drug-likeness (QED) is 0.653. The fourth-order valence-electron chi connectivity index (χ4n) is 2.27. The molecule has 2 rings (SSSR count). The number of methoxy groups -OCH3 is 1. The molecular weight excluding hydrogens is 258 g/mol. The van der Waals surface area contributed by atoms with E-state index in [2.05, 4.69) is 0 Å². The molecule has 0 bridgehead atoms. The van der Waals surface area contributed by atoms with Gasteiger partial charge in [0, 0.05) is 19.3 Å². The van der Waals surface area contributed by atoms with Crippen LogP contribution < -0.4 is 0 Å². The van der Waals surface area contributed by atoms with E-state index in [1.165, 1.54) is 0 Å². The van der Waals surface area contributed by atoms with Crippen molar-refractivity contribution in [3.05, 3.63) is 54.1 Å². The van der Waals surface area contributed by atoms with Gasteiger partial charge in [-0.15, -0.1) is 0 Å². The van der Waals surface area contributed by atoms with E-state index in [1.54, 1.807) is 13.2 Å². The first-order valence-corrected chi connectivity index (χ1v) is 6.74. The maximum Gasteiger partial charge on any atom is 0.274 e. The molecule has 0 radical (unpaired) electrons. The summed E-state index contributed by atoms with van der Waals surface area (Å²) < 4.78 is 31.2. The van der Waals surface area contributed by atoms with E-state index in [4.69, 9.17) is 4.74 Å². The molecule has 0 fully saturated rings. The van der Waals surface area contributed by atoms with Gasteiger partial charge in [0.05, 0.1) is 0 Å². The Morgan fingerprint density at radius 3 is 2.45 bits per heavy atom. The molecule has 0 aliphatic carbocycles. The van der Waals surface area contributed by atoms with Crippen molar-refractivity contribution in [3.8, 4) is 0 Å². The van der Waals surface area contributed by atoms with E-state index in [1.807, 2.05) is 36.4 Å².